The Morgan fingerprint density at radius 2 is 2.00 bits per heavy atom. The first-order valence-electron chi connectivity index (χ1n) is 5.85. The lowest BCUT2D eigenvalue weighted by molar-refractivity contribution is 0.0955. The van der Waals surface area contributed by atoms with Gasteiger partial charge in [-0.25, -0.2) is 0 Å². The molecule has 17 heavy (non-hydrogen) atoms. The molecule has 2 rings (SSSR count). The Kier molecular flexibility index (Phi) is 3.38. The third-order valence-corrected chi connectivity index (χ3v) is 2.96. The summed E-state index contributed by atoms with van der Waals surface area (Å²) in [7, 11) is 0. The summed E-state index contributed by atoms with van der Waals surface area (Å²) in [6.45, 7) is 4.64. The standard InChI is InChI=1S/C14H16N2O/c1-3-16-13(9-10-15-16)14(17)11(2)12-7-5-4-6-8-12/h4-11H,3H2,1-2H3. The second kappa shape index (κ2) is 4.95. The number of hydrogen-bond donors (Lipinski definition) is 0. The summed E-state index contributed by atoms with van der Waals surface area (Å²) in [4.78, 5) is 12.3. The van der Waals surface area contributed by atoms with Crippen molar-refractivity contribution in [2.45, 2.75) is 26.3 Å². The average Bonchev–Trinajstić information content (AvgIpc) is 2.86. The summed E-state index contributed by atoms with van der Waals surface area (Å²) in [5.74, 6) is -0.00579. The van der Waals surface area contributed by atoms with E-state index in [9.17, 15) is 4.79 Å². The number of aryl methyl sites for hydroxylation is 1. The molecule has 1 unspecified atom stereocenters. The SMILES string of the molecule is CCn1nccc1C(=O)C(C)c1ccccc1. The first-order valence-corrected chi connectivity index (χ1v) is 5.85. The maximum absolute atomic E-state index is 12.3. The number of aromatic nitrogens is 2. The van der Waals surface area contributed by atoms with Gasteiger partial charge in [-0.3, -0.25) is 9.48 Å². The van der Waals surface area contributed by atoms with Crippen LogP contribution in [0.25, 0.3) is 0 Å². The van der Waals surface area contributed by atoms with E-state index in [1.165, 1.54) is 0 Å². The predicted molar refractivity (Wildman–Crippen MR) is 67.1 cm³/mol. The van der Waals surface area contributed by atoms with E-state index in [2.05, 4.69) is 5.10 Å². The summed E-state index contributed by atoms with van der Waals surface area (Å²) in [5.41, 5.74) is 1.73. The molecule has 0 N–H and O–H groups in total. The Morgan fingerprint density at radius 3 is 2.65 bits per heavy atom. The van der Waals surface area contributed by atoms with Crippen LogP contribution in [0, 0.1) is 0 Å². The lowest BCUT2D eigenvalue weighted by Gasteiger charge is -2.11. The molecule has 0 saturated heterocycles. The third kappa shape index (κ3) is 2.28. The summed E-state index contributed by atoms with van der Waals surface area (Å²) in [6, 6.07) is 11.6. The smallest absolute Gasteiger partial charge is 0.187 e. The van der Waals surface area contributed by atoms with Crippen molar-refractivity contribution in [3.05, 3.63) is 53.9 Å². The molecule has 88 valence electrons. The Balaban J connectivity index is 2.27. The van der Waals surface area contributed by atoms with Gasteiger partial charge in [-0.05, 0) is 18.6 Å². The number of hydrogen-bond acceptors (Lipinski definition) is 2. The zero-order valence-corrected chi connectivity index (χ0v) is 10.1. The van der Waals surface area contributed by atoms with Crippen LogP contribution < -0.4 is 0 Å². The van der Waals surface area contributed by atoms with Gasteiger partial charge >= 0.3 is 0 Å². The van der Waals surface area contributed by atoms with Gasteiger partial charge in [0, 0.05) is 18.7 Å². The highest BCUT2D eigenvalue weighted by Crippen LogP contribution is 2.19. The lowest BCUT2D eigenvalue weighted by Crippen LogP contribution is -2.15. The Morgan fingerprint density at radius 1 is 1.29 bits per heavy atom. The average molecular weight is 228 g/mol. The number of nitrogens with zero attached hydrogens (tertiary/aromatic N) is 2. The molecule has 0 aliphatic heterocycles. The number of carbonyl (C=O) groups is 1. The van der Waals surface area contributed by atoms with E-state index in [0.29, 0.717) is 5.69 Å². The topological polar surface area (TPSA) is 34.9 Å². The minimum atomic E-state index is -0.127. The van der Waals surface area contributed by atoms with Gasteiger partial charge in [0.05, 0.1) is 0 Å². The highest BCUT2D eigenvalue weighted by molar-refractivity contribution is 5.99. The van der Waals surface area contributed by atoms with Gasteiger partial charge in [-0.15, -0.1) is 0 Å². The van der Waals surface area contributed by atoms with E-state index in [4.69, 9.17) is 0 Å². The molecule has 0 aliphatic rings. The van der Waals surface area contributed by atoms with Gasteiger partial charge in [-0.2, -0.15) is 5.10 Å². The number of rotatable bonds is 4. The summed E-state index contributed by atoms with van der Waals surface area (Å²) in [5, 5.41) is 4.13. The molecule has 0 fully saturated rings. The van der Waals surface area contributed by atoms with Crippen LogP contribution in [0.5, 0.6) is 0 Å². The third-order valence-electron chi connectivity index (χ3n) is 2.96. The zero-order chi connectivity index (χ0) is 12.3. The van der Waals surface area contributed by atoms with Gasteiger partial charge in [-0.1, -0.05) is 37.3 Å². The van der Waals surface area contributed by atoms with E-state index in [-0.39, 0.29) is 11.7 Å². The van der Waals surface area contributed by atoms with Gasteiger partial charge in [0.25, 0.3) is 0 Å². The number of carbonyl (C=O) groups excluding carboxylic acids is 1. The fourth-order valence-electron chi connectivity index (χ4n) is 1.91. The molecule has 0 saturated carbocycles. The van der Waals surface area contributed by atoms with Crippen LogP contribution in [0.1, 0.15) is 35.8 Å². The molecule has 3 heteroatoms. The van der Waals surface area contributed by atoms with Crippen molar-refractivity contribution in [2.24, 2.45) is 0 Å². The van der Waals surface area contributed by atoms with Crippen molar-refractivity contribution in [1.29, 1.82) is 0 Å². The molecule has 1 atom stereocenters. The van der Waals surface area contributed by atoms with Crippen molar-refractivity contribution in [1.82, 2.24) is 9.78 Å². The van der Waals surface area contributed by atoms with Gasteiger partial charge in [0.15, 0.2) is 5.78 Å². The normalized spacial score (nSPS) is 12.4. The Labute approximate surface area is 101 Å². The maximum atomic E-state index is 12.3. The molecule has 3 nitrogen and oxygen atoms in total. The second-order valence-corrected chi connectivity index (χ2v) is 4.03. The van der Waals surface area contributed by atoms with Crippen molar-refractivity contribution in [3.63, 3.8) is 0 Å². The largest absolute Gasteiger partial charge is 0.292 e. The first-order chi connectivity index (χ1) is 8.24. The monoisotopic (exact) mass is 228 g/mol. The van der Waals surface area contributed by atoms with Crippen LogP contribution in [0.3, 0.4) is 0 Å². The van der Waals surface area contributed by atoms with E-state index >= 15 is 0 Å². The van der Waals surface area contributed by atoms with Crippen LogP contribution in [-0.2, 0) is 6.54 Å². The maximum Gasteiger partial charge on any atom is 0.187 e. The van der Waals surface area contributed by atoms with E-state index in [1.807, 2.05) is 44.2 Å². The molecule has 1 aromatic carbocycles. The minimum Gasteiger partial charge on any atom is -0.292 e. The number of ketones is 1. The van der Waals surface area contributed by atoms with E-state index in [1.54, 1.807) is 16.9 Å². The Bertz CT molecular complexity index is 502. The van der Waals surface area contributed by atoms with Gasteiger partial charge in [0.2, 0.25) is 0 Å². The molecule has 0 amide bonds. The van der Waals surface area contributed by atoms with Crippen LogP contribution in [0.15, 0.2) is 42.6 Å². The van der Waals surface area contributed by atoms with Crippen molar-refractivity contribution >= 4 is 5.78 Å². The number of Topliss-reactive ketones (excluding diaryl/α,β-unsaturated/α-hetero) is 1. The van der Waals surface area contributed by atoms with Crippen LogP contribution in [0.2, 0.25) is 0 Å². The zero-order valence-electron chi connectivity index (χ0n) is 10.1. The summed E-state index contributed by atoms with van der Waals surface area (Å²) >= 11 is 0. The van der Waals surface area contributed by atoms with Crippen LogP contribution in [0.4, 0.5) is 0 Å². The molecule has 2 aromatic rings. The van der Waals surface area contributed by atoms with Crippen molar-refractivity contribution in [3.8, 4) is 0 Å². The molecule has 0 aliphatic carbocycles. The molecule has 1 heterocycles. The van der Waals surface area contributed by atoms with E-state index < -0.39 is 0 Å². The lowest BCUT2D eigenvalue weighted by atomic mass is 9.95. The Hall–Kier alpha value is -1.90. The summed E-state index contributed by atoms with van der Waals surface area (Å²) < 4.78 is 1.74. The van der Waals surface area contributed by atoms with Crippen LogP contribution in [-0.4, -0.2) is 15.6 Å². The molecule has 1 aromatic heterocycles. The number of benzene rings is 1. The fraction of sp³-hybridized carbons (Fsp3) is 0.286. The molecular formula is C14H16N2O. The van der Waals surface area contributed by atoms with Gasteiger partial charge in [0.1, 0.15) is 5.69 Å². The molecule has 0 spiro atoms. The quantitative estimate of drug-likeness (QED) is 0.754. The van der Waals surface area contributed by atoms with Crippen LogP contribution >= 0.6 is 0 Å². The van der Waals surface area contributed by atoms with Crippen molar-refractivity contribution < 1.29 is 4.79 Å². The minimum absolute atomic E-state index is 0.121. The highest BCUT2D eigenvalue weighted by atomic mass is 16.1. The second-order valence-electron chi connectivity index (χ2n) is 4.03. The van der Waals surface area contributed by atoms with Gasteiger partial charge < -0.3 is 0 Å². The first kappa shape index (κ1) is 11.6. The summed E-state index contributed by atoms with van der Waals surface area (Å²) in [6.07, 6.45) is 1.68. The molecular weight excluding hydrogens is 212 g/mol. The van der Waals surface area contributed by atoms with E-state index in [0.717, 1.165) is 12.1 Å². The highest BCUT2D eigenvalue weighted by Gasteiger charge is 2.19. The fourth-order valence-corrected chi connectivity index (χ4v) is 1.91. The predicted octanol–water partition coefficient (Wildman–Crippen LogP) is 2.89. The molecule has 0 bridgehead atoms. The molecule has 0 radical (unpaired) electrons. The van der Waals surface area contributed by atoms with Crippen molar-refractivity contribution in [2.75, 3.05) is 0 Å².